The van der Waals surface area contributed by atoms with Crippen molar-refractivity contribution < 1.29 is 14.5 Å². The Morgan fingerprint density at radius 1 is 1.07 bits per heavy atom. The monoisotopic (exact) mass is 421 g/mol. The Balaban J connectivity index is 1.48. The Morgan fingerprint density at radius 2 is 1.70 bits per heavy atom. The Hall–Kier alpha value is -3.65. The normalized spacial score (nSPS) is 10.7. The van der Waals surface area contributed by atoms with E-state index in [2.05, 4.69) is 41.7 Å². The van der Waals surface area contributed by atoms with E-state index in [1.165, 1.54) is 30.0 Å². The van der Waals surface area contributed by atoms with E-state index >= 15 is 0 Å². The van der Waals surface area contributed by atoms with Crippen LogP contribution in [0.4, 0.5) is 5.69 Å². The van der Waals surface area contributed by atoms with Crippen molar-refractivity contribution in [2.75, 3.05) is 6.61 Å². The Morgan fingerprint density at radius 3 is 2.37 bits per heavy atom. The molecule has 0 saturated heterocycles. The number of nitrogens with one attached hydrogen (secondary N) is 1. The Bertz CT molecular complexity index is 1050. The van der Waals surface area contributed by atoms with Crippen molar-refractivity contribution >= 4 is 29.6 Å². The summed E-state index contributed by atoms with van der Waals surface area (Å²) in [6.07, 6.45) is 1.52. The maximum atomic E-state index is 11.8. The number of para-hydroxylation sites is 2. The summed E-state index contributed by atoms with van der Waals surface area (Å²) in [6.45, 7) is 1.67. The number of amides is 1. The van der Waals surface area contributed by atoms with Crippen molar-refractivity contribution in [1.82, 2.24) is 5.43 Å². The first-order chi connectivity index (χ1) is 14.5. The average Bonchev–Trinajstić information content (AvgIpc) is 2.75. The van der Waals surface area contributed by atoms with Gasteiger partial charge in [-0.2, -0.15) is 5.10 Å². The molecule has 0 fully saturated rings. The fourth-order valence-electron chi connectivity index (χ4n) is 2.45. The molecule has 0 aliphatic rings. The number of ether oxygens (including phenoxy) is 1. The zero-order valence-electron chi connectivity index (χ0n) is 16.1. The molecule has 0 aromatic heterocycles. The van der Waals surface area contributed by atoms with Crippen molar-refractivity contribution in [3.63, 3.8) is 0 Å². The molecular formula is C22H19N3O4S. The number of carbonyl (C=O) groups is 1. The topological polar surface area (TPSA) is 93.8 Å². The lowest BCUT2D eigenvalue weighted by Crippen LogP contribution is -2.24. The molecule has 7 nitrogen and oxygen atoms in total. The SMILES string of the molecule is Cc1ccc(Sc2ccc(/C=N/NC(=O)COc3ccccc3[N+](=O)[O-])cc2)cc1. The zero-order valence-corrected chi connectivity index (χ0v) is 17.0. The molecule has 0 bridgehead atoms. The minimum atomic E-state index is -0.563. The van der Waals surface area contributed by atoms with Crippen LogP contribution in [0.1, 0.15) is 11.1 Å². The van der Waals surface area contributed by atoms with Gasteiger partial charge in [-0.15, -0.1) is 0 Å². The third-order valence-electron chi connectivity index (χ3n) is 3.96. The number of nitro groups is 1. The lowest BCUT2D eigenvalue weighted by molar-refractivity contribution is -0.385. The van der Waals surface area contributed by atoms with Gasteiger partial charge in [0.15, 0.2) is 12.4 Å². The van der Waals surface area contributed by atoms with Gasteiger partial charge >= 0.3 is 5.69 Å². The van der Waals surface area contributed by atoms with Crippen LogP contribution in [0.15, 0.2) is 87.7 Å². The highest BCUT2D eigenvalue weighted by Crippen LogP contribution is 2.28. The maximum absolute atomic E-state index is 11.8. The second-order valence-corrected chi connectivity index (χ2v) is 7.44. The van der Waals surface area contributed by atoms with Gasteiger partial charge in [-0.05, 0) is 42.8 Å². The molecule has 0 aliphatic carbocycles. The van der Waals surface area contributed by atoms with Crippen molar-refractivity contribution in [3.8, 4) is 5.75 Å². The molecule has 0 radical (unpaired) electrons. The molecule has 0 heterocycles. The van der Waals surface area contributed by atoms with E-state index in [1.54, 1.807) is 17.8 Å². The second kappa shape index (κ2) is 10.2. The first kappa shape index (κ1) is 21.1. The Kier molecular flexibility index (Phi) is 7.18. The molecule has 0 spiro atoms. The third-order valence-corrected chi connectivity index (χ3v) is 4.98. The number of hydrazone groups is 1. The lowest BCUT2D eigenvalue weighted by Gasteiger charge is -2.05. The van der Waals surface area contributed by atoms with Crippen LogP contribution in [-0.4, -0.2) is 23.7 Å². The van der Waals surface area contributed by atoms with Crippen LogP contribution >= 0.6 is 11.8 Å². The molecule has 3 aromatic rings. The van der Waals surface area contributed by atoms with Gasteiger partial charge in [0.1, 0.15) is 0 Å². The van der Waals surface area contributed by atoms with E-state index < -0.39 is 10.8 Å². The smallest absolute Gasteiger partial charge is 0.310 e. The van der Waals surface area contributed by atoms with E-state index in [4.69, 9.17) is 4.74 Å². The number of hydrogen-bond donors (Lipinski definition) is 1. The molecule has 0 unspecified atom stereocenters. The summed E-state index contributed by atoms with van der Waals surface area (Å²) in [5, 5.41) is 14.8. The van der Waals surface area contributed by atoms with Crippen molar-refractivity contribution in [2.45, 2.75) is 16.7 Å². The van der Waals surface area contributed by atoms with Gasteiger partial charge in [0.05, 0.1) is 11.1 Å². The summed E-state index contributed by atoms with van der Waals surface area (Å²) in [5.41, 5.74) is 4.19. The van der Waals surface area contributed by atoms with E-state index in [0.717, 1.165) is 15.4 Å². The summed E-state index contributed by atoms with van der Waals surface area (Å²) >= 11 is 1.66. The summed E-state index contributed by atoms with van der Waals surface area (Å²) < 4.78 is 5.21. The molecule has 8 heteroatoms. The van der Waals surface area contributed by atoms with Crippen LogP contribution in [-0.2, 0) is 4.79 Å². The summed E-state index contributed by atoms with van der Waals surface area (Å²) in [5.74, 6) is -0.487. The van der Waals surface area contributed by atoms with Gasteiger partial charge in [0.25, 0.3) is 5.91 Å². The van der Waals surface area contributed by atoms with E-state index in [1.807, 2.05) is 24.3 Å². The molecule has 0 atom stereocenters. The molecule has 3 aromatic carbocycles. The number of hydrogen-bond acceptors (Lipinski definition) is 6. The van der Waals surface area contributed by atoms with Crippen LogP contribution in [0, 0.1) is 17.0 Å². The molecule has 30 heavy (non-hydrogen) atoms. The number of carbonyl (C=O) groups excluding carboxylic acids is 1. The molecule has 152 valence electrons. The van der Waals surface area contributed by atoms with Crippen molar-refractivity contribution in [1.29, 1.82) is 0 Å². The maximum Gasteiger partial charge on any atom is 0.310 e. The number of rotatable bonds is 8. The second-order valence-electron chi connectivity index (χ2n) is 6.29. The number of aryl methyl sites for hydroxylation is 1. The van der Waals surface area contributed by atoms with E-state index in [-0.39, 0.29) is 18.0 Å². The van der Waals surface area contributed by atoms with Gasteiger partial charge in [0, 0.05) is 15.9 Å². The largest absolute Gasteiger partial charge is 0.477 e. The van der Waals surface area contributed by atoms with Gasteiger partial charge < -0.3 is 4.74 Å². The van der Waals surface area contributed by atoms with E-state index in [9.17, 15) is 14.9 Å². The lowest BCUT2D eigenvalue weighted by atomic mass is 10.2. The molecule has 0 saturated carbocycles. The molecule has 1 amide bonds. The number of nitrogens with zero attached hydrogens (tertiary/aromatic N) is 2. The van der Waals surface area contributed by atoms with Gasteiger partial charge in [-0.3, -0.25) is 14.9 Å². The molecule has 1 N–H and O–H groups in total. The van der Waals surface area contributed by atoms with Gasteiger partial charge in [-0.1, -0.05) is 53.7 Å². The minimum absolute atomic E-state index is 0.0308. The predicted molar refractivity (Wildman–Crippen MR) is 116 cm³/mol. The molecule has 0 aliphatic heterocycles. The standard InChI is InChI=1S/C22H19N3O4S/c1-16-6-10-18(11-7-16)30-19-12-8-17(9-13-19)14-23-24-22(26)15-29-21-5-3-2-4-20(21)25(27)28/h2-14H,15H2,1H3,(H,24,26)/b23-14+. The zero-order chi connectivity index (χ0) is 21.3. The highest BCUT2D eigenvalue weighted by Gasteiger charge is 2.14. The summed E-state index contributed by atoms with van der Waals surface area (Å²) in [4.78, 5) is 24.5. The third kappa shape index (κ3) is 6.18. The molecule has 3 rings (SSSR count). The fourth-order valence-corrected chi connectivity index (χ4v) is 3.27. The summed E-state index contributed by atoms with van der Waals surface area (Å²) in [7, 11) is 0. The number of nitro benzene ring substituents is 1. The molecular weight excluding hydrogens is 402 g/mol. The van der Waals surface area contributed by atoms with E-state index in [0.29, 0.717) is 0 Å². The minimum Gasteiger partial charge on any atom is -0.477 e. The Labute approximate surface area is 177 Å². The van der Waals surface area contributed by atoms with Crippen LogP contribution in [0.5, 0.6) is 5.75 Å². The highest BCUT2D eigenvalue weighted by molar-refractivity contribution is 7.99. The van der Waals surface area contributed by atoms with Crippen LogP contribution in [0.25, 0.3) is 0 Å². The van der Waals surface area contributed by atoms with Crippen molar-refractivity contribution in [3.05, 3.63) is 94.0 Å². The highest BCUT2D eigenvalue weighted by atomic mass is 32.2. The summed E-state index contributed by atoms with van der Waals surface area (Å²) in [6, 6.07) is 21.9. The van der Waals surface area contributed by atoms with Crippen LogP contribution in [0.3, 0.4) is 0 Å². The first-order valence-electron chi connectivity index (χ1n) is 9.04. The van der Waals surface area contributed by atoms with Gasteiger partial charge in [-0.25, -0.2) is 5.43 Å². The van der Waals surface area contributed by atoms with Crippen molar-refractivity contribution in [2.24, 2.45) is 5.10 Å². The average molecular weight is 421 g/mol. The van der Waals surface area contributed by atoms with Crippen LogP contribution < -0.4 is 10.2 Å². The quantitative estimate of drug-likeness (QED) is 0.326. The predicted octanol–water partition coefficient (Wildman–Crippen LogP) is 4.58. The first-order valence-corrected chi connectivity index (χ1v) is 9.85. The fraction of sp³-hybridized carbons (Fsp3) is 0.0909. The van der Waals surface area contributed by atoms with Gasteiger partial charge in [0.2, 0.25) is 0 Å². The number of benzene rings is 3. The van der Waals surface area contributed by atoms with Crippen LogP contribution in [0.2, 0.25) is 0 Å².